The molecular weight excluding hydrogens is 323 g/mol. The van der Waals surface area contributed by atoms with E-state index in [1.807, 2.05) is 0 Å². The van der Waals surface area contributed by atoms with Crippen LogP contribution in [-0.2, 0) is 19.6 Å². The van der Waals surface area contributed by atoms with Crippen molar-refractivity contribution in [2.75, 3.05) is 19.7 Å². The Balaban J connectivity index is 1.83. The van der Waals surface area contributed by atoms with Gasteiger partial charge in [0.2, 0.25) is 10.0 Å². The smallest absolute Gasteiger partial charge is 0.246 e. The van der Waals surface area contributed by atoms with Crippen LogP contribution in [0.4, 0.5) is 4.39 Å². The van der Waals surface area contributed by atoms with E-state index in [9.17, 15) is 17.6 Å². The zero-order valence-corrected chi connectivity index (χ0v) is 13.1. The van der Waals surface area contributed by atoms with Crippen LogP contribution in [0.25, 0.3) is 0 Å². The molecule has 3 rings (SSSR count). The molecule has 0 radical (unpaired) electrons. The number of piperidine rings is 1. The molecule has 2 aliphatic heterocycles. The number of nitrogens with zero attached hydrogens (tertiary/aromatic N) is 2. The van der Waals surface area contributed by atoms with Gasteiger partial charge in [0.1, 0.15) is 17.6 Å². The number of ether oxygens (including phenoxy) is 1. The van der Waals surface area contributed by atoms with Gasteiger partial charge in [-0.3, -0.25) is 4.79 Å². The van der Waals surface area contributed by atoms with Gasteiger partial charge in [-0.2, -0.15) is 9.57 Å². The van der Waals surface area contributed by atoms with Crippen LogP contribution < -0.4 is 0 Å². The molecule has 6 nitrogen and oxygen atoms in total. The SMILES string of the molecule is N#Cc1cccc(S(=O)(=O)N2CCC3(CC2)CC(=O)CO3)c1F. The first-order chi connectivity index (χ1) is 10.9. The van der Waals surface area contributed by atoms with Crippen molar-refractivity contribution in [1.29, 1.82) is 5.26 Å². The zero-order valence-electron chi connectivity index (χ0n) is 12.3. The molecule has 1 aromatic rings. The van der Waals surface area contributed by atoms with E-state index in [1.165, 1.54) is 16.4 Å². The van der Waals surface area contributed by atoms with Gasteiger partial charge < -0.3 is 4.74 Å². The van der Waals surface area contributed by atoms with E-state index < -0.39 is 26.3 Å². The lowest BCUT2D eigenvalue weighted by Crippen LogP contribution is -2.46. The first kappa shape index (κ1) is 16.1. The average molecular weight is 338 g/mol. The van der Waals surface area contributed by atoms with E-state index in [0.717, 1.165) is 6.07 Å². The van der Waals surface area contributed by atoms with Gasteiger partial charge in [-0.15, -0.1) is 0 Å². The van der Waals surface area contributed by atoms with Crippen LogP contribution in [0.3, 0.4) is 0 Å². The largest absolute Gasteiger partial charge is 0.367 e. The summed E-state index contributed by atoms with van der Waals surface area (Å²) in [5.41, 5.74) is -0.875. The van der Waals surface area contributed by atoms with Gasteiger partial charge in [-0.05, 0) is 25.0 Å². The Morgan fingerprint density at radius 3 is 2.57 bits per heavy atom. The van der Waals surface area contributed by atoms with Crippen molar-refractivity contribution >= 4 is 15.8 Å². The highest BCUT2D eigenvalue weighted by Gasteiger charge is 2.44. The van der Waals surface area contributed by atoms with Gasteiger partial charge in [-0.1, -0.05) is 6.07 Å². The predicted octanol–water partition coefficient (Wildman–Crippen LogP) is 1.21. The molecule has 0 aromatic heterocycles. The number of carbonyl (C=O) groups is 1. The first-order valence-corrected chi connectivity index (χ1v) is 8.66. The van der Waals surface area contributed by atoms with Gasteiger partial charge in [-0.25, -0.2) is 12.8 Å². The lowest BCUT2D eigenvalue weighted by Gasteiger charge is -2.37. The van der Waals surface area contributed by atoms with E-state index in [2.05, 4.69) is 0 Å². The molecule has 1 spiro atoms. The molecule has 2 aliphatic rings. The number of halogens is 1. The minimum atomic E-state index is -4.02. The summed E-state index contributed by atoms with van der Waals surface area (Å²) in [7, 11) is -4.02. The molecule has 0 unspecified atom stereocenters. The molecule has 0 atom stereocenters. The van der Waals surface area contributed by atoms with Crippen molar-refractivity contribution in [3.63, 3.8) is 0 Å². The van der Waals surface area contributed by atoms with Crippen LogP contribution in [0.2, 0.25) is 0 Å². The topological polar surface area (TPSA) is 87.5 Å². The van der Waals surface area contributed by atoms with Crippen LogP contribution >= 0.6 is 0 Å². The lowest BCUT2D eigenvalue weighted by molar-refractivity contribution is -0.117. The number of benzene rings is 1. The number of ketones is 1. The highest BCUT2D eigenvalue weighted by Crippen LogP contribution is 2.36. The molecule has 23 heavy (non-hydrogen) atoms. The maximum Gasteiger partial charge on any atom is 0.246 e. The summed E-state index contributed by atoms with van der Waals surface area (Å²) in [6, 6.07) is 5.38. The van der Waals surface area contributed by atoms with Gasteiger partial charge in [0.15, 0.2) is 11.6 Å². The molecule has 1 aromatic carbocycles. The Labute approximate surface area is 133 Å². The zero-order chi connectivity index (χ0) is 16.7. The number of hydrogen-bond acceptors (Lipinski definition) is 5. The standard InChI is InChI=1S/C15H15FN2O4S/c16-14-11(9-17)2-1-3-13(14)23(20,21)18-6-4-15(5-7-18)8-12(19)10-22-15/h1-3H,4-8,10H2. The summed E-state index contributed by atoms with van der Waals surface area (Å²) in [6.07, 6.45) is 1.11. The van der Waals surface area contributed by atoms with Crippen molar-refractivity contribution in [2.24, 2.45) is 0 Å². The maximum atomic E-state index is 14.2. The fourth-order valence-electron chi connectivity index (χ4n) is 3.09. The number of nitriles is 1. The molecule has 122 valence electrons. The van der Waals surface area contributed by atoms with Gasteiger partial charge in [0.25, 0.3) is 0 Å². The van der Waals surface area contributed by atoms with E-state index in [-0.39, 0.29) is 31.0 Å². The summed E-state index contributed by atoms with van der Waals surface area (Å²) < 4.78 is 46.1. The Morgan fingerprint density at radius 1 is 1.30 bits per heavy atom. The van der Waals surface area contributed by atoms with Gasteiger partial charge >= 0.3 is 0 Å². The Hall–Kier alpha value is -1.82. The van der Waals surface area contributed by atoms with E-state index in [1.54, 1.807) is 6.07 Å². The highest BCUT2D eigenvalue weighted by molar-refractivity contribution is 7.89. The molecule has 2 saturated heterocycles. The van der Waals surface area contributed by atoms with Crippen molar-refractivity contribution in [3.8, 4) is 6.07 Å². The van der Waals surface area contributed by atoms with Crippen LogP contribution in [0.15, 0.2) is 23.1 Å². The summed E-state index contributed by atoms with van der Waals surface area (Å²) in [5, 5.41) is 8.84. The molecule has 2 heterocycles. The number of carbonyl (C=O) groups excluding carboxylic acids is 1. The first-order valence-electron chi connectivity index (χ1n) is 7.22. The van der Waals surface area contributed by atoms with Gasteiger partial charge in [0.05, 0.1) is 11.2 Å². The highest BCUT2D eigenvalue weighted by atomic mass is 32.2. The molecule has 0 N–H and O–H groups in total. The second-order valence-corrected chi connectivity index (χ2v) is 7.73. The normalized spacial score (nSPS) is 21.5. The Kier molecular flexibility index (Phi) is 3.96. The lowest BCUT2D eigenvalue weighted by atomic mass is 9.89. The average Bonchev–Trinajstić information content (AvgIpc) is 2.88. The Morgan fingerprint density at radius 2 is 2.00 bits per heavy atom. The third-order valence-electron chi connectivity index (χ3n) is 4.39. The van der Waals surface area contributed by atoms with Crippen molar-refractivity contribution in [2.45, 2.75) is 29.8 Å². The summed E-state index contributed by atoms with van der Waals surface area (Å²) in [5.74, 6) is -1.00. The molecule has 0 saturated carbocycles. The van der Waals surface area contributed by atoms with E-state index in [4.69, 9.17) is 10.00 Å². The minimum absolute atomic E-state index is 0.0223. The van der Waals surface area contributed by atoms with E-state index >= 15 is 0 Å². The van der Waals surface area contributed by atoms with Crippen LogP contribution in [0.1, 0.15) is 24.8 Å². The second kappa shape index (κ2) is 5.67. The van der Waals surface area contributed by atoms with Crippen LogP contribution in [0.5, 0.6) is 0 Å². The van der Waals surface area contributed by atoms with Crippen molar-refractivity contribution < 1.29 is 22.3 Å². The minimum Gasteiger partial charge on any atom is -0.367 e. The maximum absolute atomic E-state index is 14.2. The summed E-state index contributed by atoms with van der Waals surface area (Å²) in [4.78, 5) is 10.9. The Bertz CT molecular complexity index is 792. The predicted molar refractivity (Wildman–Crippen MR) is 77.4 cm³/mol. The summed E-state index contributed by atoms with van der Waals surface area (Å²) >= 11 is 0. The number of rotatable bonds is 2. The fourth-order valence-corrected chi connectivity index (χ4v) is 4.61. The van der Waals surface area contributed by atoms with Gasteiger partial charge in [0, 0.05) is 19.5 Å². The molecular formula is C15H15FN2O4S. The molecule has 0 bridgehead atoms. The van der Waals surface area contributed by atoms with Crippen molar-refractivity contribution in [1.82, 2.24) is 4.31 Å². The molecule has 0 amide bonds. The van der Waals surface area contributed by atoms with Crippen molar-refractivity contribution in [3.05, 3.63) is 29.6 Å². The quantitative estimate of drug-likeness (QED) is 0.809. The number of sulfonamides is 1. The van der Waals surface area contributed by atoms with Crippen LogP contribution in [0, 0.1) is 17.1 Å². The molecule has 2 fully saturated rings. The number of Topliss-reactive ketones (excluding diaryl/α,β-unsaturated/α-hetero) is 1. The van der Waals surface area contributed by atoms with Crippen LogP contribution in [-0.4, -0.2) is 43.8 Å². The molecule has 0 aliphatic carbocycles. The summed E-state index contributed by atoms with van der Waals surface area (Å²) in [6.45, 7) is 0.392. The second-order valence-electron chi connectivity index (χ2n) is 5.82. The third kappa shape index (κ3) is 2.76. The third-order valence-corrected chi connectivity index (χ3v) is 6.31. The fraction of sp³-hybridized carbons (Fsp3) is 0.467. The molecule has 8 heteroatoms. The number of hydrogen-bond donors (Lipinski definition) is 0. The van der Waals surface area contributed by atoms with E-state index in [0.29, 0.717) is 19.3 Å². The monoisotopic (exact) mass is 338 g/mol.